The molecule has 0 saturated heterocycles. The highest BCUT2D eigenvalue weighted by Gasteiger charge is 2.44. The van der Waals surface area contributed by atoms with E-state index in [2.05, 4.69) is 9.47 Å². The Morgan fingerprint density at radius 1 is 1.17 bits per heavy atom. The second-order valence-corrected chi connectivity index (χ2v) is 5.22. The number of carbonyl (C=O) groups is 1. The summed E-state index contributed by atoms with van der Waals surface area (Å²) < 4.78 is 58.2. The predicted molar refractivity (Wildman–Crippen MR) is 78.0 cm³/mol. The fourth-order valence-electron chi connectivity index (χ4n) is 1.75. The molecule has 1 aromatic carbocycles. The van der Waals surface area contributed by atoms with Crippen molar-refractivity contribution in [2.75, 3.05) is 7.11 Å². The van der Waals surface area contributed by atoms with E-state index in [0.29, 0.717) is 5.56 Å². The van der Waals surface area contributed by atoms with Crippen LogP contribution in [-0.4, -0.2) is 25.6 Å². The topological polar surface area (TPSA) is 61.5 Å². The Bertz CT molecular complexity index is 523. The molecular formula is C14H18ClF4NO3. The van der Waals surface area contributed by atoms with Crippen molar-refractivity contribution in [3.05, 3.63) is 29.8 Å². The van der Waals surface area contributed by atoms with Crippen molar-refractivity contribution in [2.45, 2.75) is 32.4 Å². The highest BCUT2D eigenvalue weighted by Crippen LogP contribution is 2.34. The Hall–Kier alpha value is -1.54. The number of nitrogens with two attached hydrogens (primary N) is 1. The lowest BCUT2D eigenvalue weighted by molar-refractivity contribution is -0.253. The van der Waals surface area contributed by atoms with Crippen LogP contribution in [0, 0.1) is 5.41 Å². The van der Waals surface area contributed by atoms with Crippen molar-refractivity contribution in [1.29, 1.82) is 0 Å². The fourth-order valence-corrected chi connectivity index (χ4v) is 1.75. The van der Waals surface area contributed by atoms with Gasteiger partial charge in [0, 0.05) is 6.04 Å². The number of ether oxygens (including phenoxy) is 2. The number of rotatable bonds is 6. The number of benzene rings is 1. The van der Waals surface area contributed by atoms with E-state index >= 15 is 0 Å². The molecule has 0 spiro atoms. The molecule has 0 fully saturated rings. The minimum Gasteiger partial charge on any atom is -0.469 e. The molecule has 1 rings (SSSR count). The quantitative estimate of drug-likeness (QED) is 0.623. The Morgan fingerprint density at radius 3 is 2.04 bits per heavy atom. The number of methoxy groups -OCH3 is 1. The van der Waals surface area contributed by atoms with Gasteiger partial charge in [0.15, 0.2) is 0 Å². The first-order valence-electron chi connectivity index (χ1n) is 6.31. The average Bonchev–Trinajstić information content (AvgIpc) is 2.45. The average molecular weight is 360 g/mol. The molecule has 1 atom stereocenters. The Labute approximate surface area is 137 Å². The maximum atomic E-state index is 12.8. The summed E-state index contributed by atoms with van der Waals surface area (Å²) in [6, 6.07) is 4.04. The molecule has 23 heavy (non-hydrogen) atoms. The van der Waals surface area contributed by atoms with Gasteiger partial charge in [-0.3, -0.25) is 4.79 Å². The second-order valence-electron chi connectivity index (χ2n) is 5.22. The van der Waals surface area contributed by atoms with Gasteiger partial charge >= 0.3 is 18.5 Å². The van der Waals surface area contributed by atoms with Crippen molar-refractivity contribution in [3.63, 3.8) is 0 Å². The molecule has 0 radical (unpaired) electrons. The summed E-state index contributed by atoms with van der Waals surface area (Å²) in [7, 11) is 1.22. The summed E-state index contributed by atoms with van der Waals surface area (Å²) in [6.07, 6.45) is -8.51. The molecule has 0 aliphatic carbocycles. The van der Waals surface area contributed by atoms with Crippen LogP contribution in [0.1, 0.15) is 25.5 Å². The van der Waals surface area contributed by atoms with Crippen LogP contribution in [0.4, 0.5) is 17.6 Å². The molecule has 1 aromatic rings. The summed E-state index contributed by atoms with van der Waals surface area (Å²) in [5.74, 6) is -0.971. The minimum atomic E-state index is -4.57. The SMILES string of the molecule is COC(=O)C(C)(C)[C@@H](N)c1ccc(OC(F)(F)C(F)F)cc1.Cl. The van der Waals surface area contributed by atoms with Crippen LogP contribution in [0.3, 0.4) is 0 Å². The van der Waals surface area contributed by atoms with E-state index in [9.17, 15) is 22.4 Å². The molecule has 0 bridgehead atoms. The number of hydrogen-bond acceptors (Lipinski definition) is 4. The lowest BCUT2D eigenvalue weighted by Crippen LogP contribution is -2.37. The van der Waals surface area contributed by atoms with Crippen LogP contribution >= 0.6 is 12.4 Å². The predicted octanol–water partition coefficient (Wildman–Crippen LogP) is 3.54. The Kier molecular flexibility index (Phi) is 7.30. The van der Waals surface area contributed by atoms with Gasteiger partial charge in [0.1, 0.15) is 5.75 Å². The van der Waals surface area contributed by atoms with Gasteiger partial charge in [-0.05, 0) is 31.5 Å². The van der Waals surface area contributed by atoms with Crippen molar-refractivity contribution in [2.24, 2.45) is 11.1 Å². The molecule has 0 aromatic heterocycles. The number of halogens is 5. The van der Waals surface area contributed by atoms with Gasteiger partial charge < -0.3 is 15.2 Å². The first kappa shape index (κ1) is 21.5. The van der Waals surface area contributed by atoms with E-state index in [4.69, 9.17) is 5.73 Å². The smallest absolute Gasteiger partial charge is 0.461 e. The third-order valence-corrected chi connectivity index (χ3v) is 3.24. The number of alkyl halides is 4. The molecule has 0 unspecified atom stereocenters. The molecule has 132 valence electrons. The molecule has 9 heteroatoms. The molecule has 0 amide bonds. The van der Waals surface area contributed by atoms with E-state index in [1.165, 1.54) is 19.2 Å². The molecule has 0 saturated carbocycles. The minimum absolute atomic E-state index is 0. The van der Waals surface area contributed by atoms with Crippen LogP contribution in [0.2, 0.25) is 0 Å². The molecule has 0 aliphatic rings. The molecule has 0 heterocycles. The normalized spacial score (nSPS) is 13.3. The summed E-state index contributed by atoms with van der Waals surface area (Å²) in [5, 5.41) is 0. The van der Waals surface area contributed by atoms with Crippen LogP contribution in [0.5, 0.6) is 5.75 Å². The van der Waals surface area contributed by atoms with Gasteiger partial charge in [-0.25, -0.2) is 0 Å². The maximum absolute atomic E-state index is 12.8. The first-order chi connectivity index (χ1) is 10.0. The zero-order chi connectivity index (χ0) is 17.1. The van der Waals surface area contributed by atoms with Gasteiger partial charge in [0.05, 0.1) is 12.5 Å². The standard InChI is InChI=1S/C14H17F4NO3.ClH/c1-13(2,12(20)21-3)10(19)8-4-6-9(7-5-8)22-14(17,18)11(15)16;/h4-7,10-11H,19H2,1-3H3;1H/t10-;/m0./s1. The molecule has 2 N–H and O–H groups in total. The summed E-state index contributed by atoms with van der Waals surface area (Å²) in [5.41, 5.74) is 5.36. The zero-order valence-corrected chi connectivity index (χ0v) is 13.5. The van der Waals surface area contributed by atoms with E-state index in [0.717, 1.165) is 12.1 Å². The van der Waals surface area contributed by atoms with Crippen LogP contribution in [0.25, 0.3) is 0 Å². The highest BCUT2D eigenvalue weighted by atomic mass is 35.5. The summed E-state index contributed by atoms with van der Waals surface area (Å²) in [4.78, 5) is 11.7. The van der Waals surface area contributed by atoms with E-state index in [1.807, 2.05) is 0 Å². The van der Waals surface area contributed by atoms with Crippen molar-refractivity contribution in [1.82, 2.24) is 0 Å². The lowest BCUT2D eigenvalue weighted by atomic mass is 9.81. The van der Waals surface area contributed by atoms with Crippen LogP contribution in [-0.2, 0) is 9.53 Å². The third-order valence-electron chi connectivity index (χ3n) is 3.24. The van der Waals surface area contributed by atoms with Gasteiger partial charge in [-0.15, -0.1) is 12.4 Å². The van der Waals surface area contributed by atoms with Gasteiger partial charge in [-0.1, -0.05) is 12.1 Å². The van der Waals surface area contributed by atoms with Gasteiger partial charge in [0.25, 0.3) is 0 Å². The van der Waals surface area contributed by atoms with Crippen LogP contribution in [0.15, 0.2) is 24.3 Å². The van der Waals surface area contributed by atoms with Crippen molar-refractivity contribution in [3.8, 4) is 5.75 Å². The zero-order valence-electron chi connectivity index (χ0n) is 12.7. The Morgan fingerprint density at radius 2 is 1.65 bits per heavy atom. The summed E-state index contributed by atoms with van der Waals surface area (Å²) in [6.45, 7) is 3.14. The lowest BCUT2D eigenvalue weighted by Gasteiger charge is -2.29. The van der Waals surface area contributed by atoms with Crippen LogP contribution < -0.4 is 10.5 Å². The molecular weight excluding hydrogens is 342 g/mol. The third kappa shape index (κ3) is 4.97. The van der Waals surface area contributed by atoms with Crippen molar-refractivity contribution < 1.29 is 31.8 Å². The van der Waals surface area contributed by atoms with Gasteiger partial charge in [-0.2, -0.15) is 17.6 Å². The first-order valence-corrected chi connectivity index (χ1v) is 6.31. The number of hydrogen-bond donors (Lipinski definition) is 1. The number of esters is 1. The van der Waals surface area contributed by atoms with E-state index < -0.39 is 35.7 Å². The van der Waals surface area contributed by atoms with Crippen molar-refractivity contribution >= 4 is 18.4 Å². The fraction of sp³-hybridized carbons (Fsp3) is 0.500. The largest absolute Gasteiger partial charge is 0.469 e. The molecule has 0 aliphatic heterocycles. The monoisotopic (exact) mass is 359 g/mol. The van der Waals surface area contributed by atoms with Gasteiger partial charge in [0.2, 0.25) is 0 Å². The maximum Gasteiger partial charge on any atom is 0.461 e. The highest BCUT2D eigenvalue weighted by molar-refractivity contribution is 5.85. The Balaban J connectivity index is 0.00000484. The van der Waals surface area contributed by atoms with E-state index in [1.54, 1.807) is 13.8 Å². The summed E-state index contributed by atoms with van der Waals surface area (Å²) >= 11 is 0. The van der Waals surface area contributed by atoms with E-state index in [-0.39, 0.29) is 12.4 Å². The number of carbonyl (C=O) groups excluding carboxylic acids is 1. The molecule has 4 nitrogen and oxygen atoms in total. The second kappa shape index (κ2) is 7.83.